The van der Waals surface area contributed by atoms with Gasteiger partial charge in [-0.3, -0.25) is 9.59 Å². The van der Waals surface area contributed by atoms with E-state index < -0.39 is 23.8 Å². The van der Waals surface area contributed by atoms with E-state index in [-0.39, 0.29) is 25.3 Å². The summed E-state index contributed by atoms with van der Waals surface area (Å²) in [5, 5.41) is 12.6. The summed E-state index contributed by atoms with van der Waals surface area (Å²) >= 11 is 5.86. The number of anilines is 1. The molecule has 1 saturated heterocycles. The Morgan fingerprint density at radius 3 is 2.44 bits per heavy atom. The topological polar surface area (TPSA) is 86.7 Å². The number of halogens is 1. The molecule has 2 N–H and O–H groups in total. The number of carbonyl (C=O) groups excluding carboxylic acids is 2. The minimum absolute atomic E-state index is 0.0478. The molecule has 6 nitrogen and oxygen atoms in total. The highest BCUT2D eigenvalue weighted by atomic mass is 35.5. The second-order valence-corrected chi connectivity index (χ2v) is 6.91. The lowest BCUT2D eigenvalue weighted by atomic mass is 10.0. The maximum Gasteiger partial charge on any atom is 0.326 e. The Balaban J connectivity index is 1.65. The number of carboxylic acid groups (broad SMARTS) is 1. The maximum atomic E-state index is 12.6. The minimum Gasteiger partial charge on any atom is -0.480 e. The quantitative estimate of drug-likeness (QED) is 0.798. The van der Waals surface area contributed by atoms with Crippen LogP contribution in [0, 0.1) is 5.92 Å². The number of amides is 2. The van der Waals surface area contributed by atoms with Gasteiger partial charge in [-0.2, -0.15) is 0 Å². The summed E-state index contributed by atoms with van der Waals surface area (Å²) in [6.07, 6.45) is 0.232. The molecule has 27 heavy (non-hydrogen) atoms. The molecular weight excluding hydrogens is 368 g/mol. The third-order valence-corrected chi connectivity index (χ3v) is 4.78. The SMILES string of the molecule is O=C(NC(Cc1ccccc1)C(=O)O)C1CC(=O)N(c2ccc(Cl)cc2)C1. The molecule has 2 amide bonds. The van der Waals surface area contributed by atoms with Gasteiger partial charge < -0.3 is 15.3 Å². The zero-order valence-corrected chi connectivity index (χ0v) is 15.2. The van der Waals surface area contributed by atoms with E-state index in [0.29, 0.717) is 10.7 Å². The molecule has 1 heterocycles. The van der Waals surface area contributed by atoms with Gasteiger partial charge in [0.05, 0.1) is 5.92 Å². The number of nitrogens with zero attached hydrogens (tertiary/aromatic N) is 1. The predicted molar refractivity (Wildman–Crippen MR) is 102 cm³/mol. The second kappa shape index (κ2) is 8.22. The third kappa shape index (κ3) is 4.65. The monoisotopic (exact) mass is 386 g/mol. The van der Waals surface area contributed by atoms with Crippen molar-refractivity contribution in [3.8, 4) is 0 Å². The molecule has 140 valence electrons. The van der Waals surface area contributed by atoms with Gasteiger partial charge in [-0.15, -0.1) is 0 Å². The molecule has 0 bridgehead atoms. The molecular formula is C20H19ClN2O4. The van der Waals surface area contributed by atoms with E-state index in [0.717, 1.165) is 5.56 Å². The first-order valence-corrected chi connectivity index (χ1v) is 8.95. The van der Waals surface area contributed by atoms with Crippen molar-refractivity contribution in [1.29, 1.82) is 0 Å². The first-order chi connectivity index (χ1) is 12.9. The van der Waals surface area contributed by atoms with Gasteiger partial charge in [0.2, 0.25) is 11.8 Å². The summed E-state index contributed by atoms with van der Waals surface area (Å²) in [6, 6.07) is 14.8. The van der Waals surface area contributed by atoms with Gasteiger partial charge in [-0.25, -0.2) is 4.79 Å². The van der Waals surface area contributed by atoms with Gasteiger partial charge in [0.1, 0.15) is 6.04 Å². The molecule has 7 heteroatoms. The largest absolute Gasteiger partial charge is 0.480 e. The highest BCUT2D eigenvalue weighted by Gasteiger charge is 2.36. The van der Waals surface area contributed by atoms with Gasteiger partial charge >= 0.3 is 5.97 Å². The summed E-state index contributed by atoms with van der Waals surface area (Å²) in [6.45, 7) is 0.212. The lowest BCUT2D eigenvalue weighted by Gasteiger charge is -2.19. The van der Waals surface area contributed by atoms with Crippen LogP contribution in [-0.2, 0) is 20.8 Å². The number of rotatable bonds is 6. The Hall–Kier alpha value is -2.86. The van der Waals surface area contributed by atoms with Crippen molar-refractivity contribution in [3.05, 3.63) is 65.2 Å². The first kappa shape index (κ1) is 18.9. The highest BCUT2D eigenvalue weighted by molar-refractivity contribution is 6.30. The molecule has 0 aromatic heterocycles. The number of nitrogens with one attached hydrogen (secondary N) is 1. The van der Waals surface area contributed by atoms with E-state index in [2.05, 4.69) is 5.32 Å². The minimum atomic E-state index is -1.11. The number of carbonyl (C=O) groups is 3. The first-order valence-electron chi connectivity index (χ1n) is 8.57. The summed E-state index contributed by atoms with van der Waals surface area (Å²) < 4.78 is 0. The van der Waals surface area contributed by atoms with Gasteiger partial charge in [-0.1, -0.05) is 41.9 Å². The lowest BCUT2D eigenvalue weighted by Crippen LogP contribution is -2.45. The average Bonchev–Trinajstić information content (AvgIpc) is 3.04. The zero-order chi connectivity index (χ0) is 19.4. The van der Waals surface area contributed by atoms with E-state index in [1.54, 1.807) is 24.3 Å². The van der Waals surface area contributed by atoms with Crippen molar-refractivity contribution < 1.29 is 19.5 Å². The molecule has 0 saturated carbocycles. The van der Waals surface area contributed by atoms with E-state index in [4.69, 9.17) is 11.6 Å². The summed E-state index contributed by atoms with van der Waals surface area (Å²) in [5.74, 6) is -2.30. The summed E-state index contributed by atoms with van der Waals surface area (Å²) in [7, 11) is 0. The molecule has 0 aliphatic carbocycles. The van der Waals surface area contributed by atoms with Crippen molar-refractivity contribution in [2.24, 2.45) is 5.92 Å². The van der Waals surface area contributed by atoms with E-state index in [9.17, 15) is 19.5 Å². The maximum absolute atomic E-state index is 12.6. The van der Waals surface area contributed by atoms with Crippen LogP contribution in [0.3, 0.4) is 0 Å². The third-order valence-electron chi connectivity index (χ3n) is 4.53. The Bertz CT molecular complexity index is 839. The van der Waals surface area contributed by atoms with Crippen molar-refractivity contribution in [2.75, 3.05) is 11.4 Å². The molecule has 0 spiro atoms. The smallest absolute Gasteiger partial charge is 0.326 e. The fourth-order valence-corrected chi connectivity index (χ4v) is 3.22. The van der Waals surface area contributed by atoms with Gasteiger partial charge in [-0.05, 0) is 29.8 Å². The van der Waals surface area contributed by atoms with Crippen LogP contribution in [0.4, 0.5) is 5.69 Å². The molecule has 2 atom stereocenters. The zero-order valence-electron chi connectivity index (χ0n) is 14.5. The van der Waals surface area contributed by atoms with Crippen LogP contribution < -0.4 is 10.2 Å². The molecule has 1 aliphatic heterocycles. The summed E-state index contributed by atoms with van der Waals surface area (Å²) in [5.41, 5.74) is 1.48. The number of benzene rings is 2. The van der Waals surface area contributed by atoms with Crippen molar-refractivity contribution in [1.82, 2.24) is 5.32 Å². The average molecular weight is 387 g/mol. The number of hydrogen-bond donors (Lipinski definition) is 2. The van der Waals surface area contributed by atoms with Crippen LogP contribution in [-0.4, -0.2) is 35.5 Å². The Labute approximate surface area is 161 Å². The molecule has 3 rings (SSSR count). The van der Waals surface area contributed by atoms with Crippen molar-refractivity contribution >= 4 is 35.1 Å². The highest BCUT2D eigenvalue weighted by Crippen LogP contribution is 2.26. The predicted octanol–water partition coefficient (Wildman–Crippen LogP) is 2.51. The van der Waals surface area contributed by atoms with E-state index in [1.807, 2.05) is 30.3 Å². The molecule has 2 unspecified atom stereocenters. The Morgan fingerprint density at radius 2 is 1.81 bits per heavy atom. The fourth-order valence-electron chi connectivity index (χ4n) is 3.09. The lowest BCUT2D eigenvalue weighted by molar-refractivity contribution is -0.142. The van der Waals surface area contributed by atoms with Gasteiger partial charge in [0.15, 0.2) is 0 Å². The van der Waals surface area contributed by atoms with Crippen molar-refractivity contribution in [2.45, 2.75) is 18.9 Å². The van der Waals surface area contributed by atoms with Crippen LogP contribution >= 0.6 is 11.6 Å². The molecule has 1 fully saturated rings. The van der Waals surface area contributed by atoms with E-state index in [1.165, 1.54) is 4.90 Å². The number of hydrogen-bond acceptors (Lipinski definition) is 3. The fraction of sp³-hybridized carbons (Fsp3) is 0.250. The molecule has 0 radical (unpaired) electrons. The van der Waals surface area contributed by atoms with Gasteiger partial charge in [0, 0.05) is 30.1 Å². The van der Waals surface area contributed by atoms with Gasteiger partial charge in [0.25, 0.3) is 0 Å². The molecule has 2 aromatic carbocycles. The number of aliphatic carboxylic acids is 1. The molecule has 1 aliphatic rings. The normalized spacial score (nSPS) is 17.6. The second-order valence-electron chi connectivity index (χ2n) is 6.47. The van der Waals surface area contributed by atoms with Crippen LogP contribution in [0.1, 0.15) is 12.0 Å². The van der Waals surface area contributed by atoms with Crippen LogP contribution in [0.15, 0.2) is 54.6 Å². The van der Waals surface area contributed by atoms with Crippen LogP contribution in [0.25, 0.3) is 0 Å². The van der Waals surface area contributed by atoms with E-state index >= 15 is 0 Å². The molecule has 2 aromatic rings. The number of carboxylic acids is 1. The Kier molecular flexibility index (Phi) is 5.76. The van der Waals surface area contributed by atoms with Crippen LogP contribution in [0.2, 0.25) is 5.02 Å². The standard InChI is InChI=1S/C20H19ClN2O4/c21-15-6-8-16(9-7-15)23-12-14(11-18(23)24)19(25)22-17(20(26)27)10-13-4-2-1-3-5-13/h1-9,14,17H,10-12H2,(H,22,25)(H,26,27). The van der Waals surface area contributed by atoms with Crippen molar-refractivity contribution in [3.63, 3.8) is 0 Å². The van der Waals surface area contributed by atoms with Crippen LogP contribution in [0.5, 0.6) is 0 Å². The summed E-state index contributed by atoms with van der Waals surface area (Å²) in [4.78, 5) is 37.9. The Morgan fingerprint density at radius 1 is 1.15 bits per heavy atom.